The van der Waals surface area contributed by atoms with Crippen LogP contribution >= 0.6 is 0 Å². The van der Waals surface area contributed by atoms with E-state index in [1.807, 2.05) is 56.3 Å². The lowest BCUT2D eigenvalue weighted by atomic mass is 9.80. The Balaban J connectivity index is 1.87. The Kier molecular flexibility index (Phi) is 4.57. The molecule has 3 nitrogen and oxygen atoms in total. The first-order valence-electron chi connectivity index (χ1n) is 9.63. The predicted molar refractivity (Wildman–Crippen MR) is 117 cm³/mol. The second-order valence-electron chi connectivity index (χ2n) is 8.30. The lowest BCUT2D eigenvalue weighted by molar-refractivity contribution is -0.0893. The van der Waals surface area contributed by atoms with Crippen LogP contribution in [0.2, 0.25) is 0 Å². The molecule has 142 valence electrons. The molecular formula is C24H25BO3. The van der Waals surface area contributed by atoms with Crippen molar-refractivity contribution in [1.29, 1.82) is 0 Å². The van der Waals surface area contributed by atoms with Crippen molar-refractivity contribution in [2.24, 2.45) is 0 Å². The monoisotopic (exact) mass is 372 g/mol. The molecule has 0 aliphatic carbocycles. The van der Waals surface area contributed by atoms with Gasteiger partial charge in [0.25, 0.3) is 0 Å². The minimum absolute atomic E-state index is 0.395. The van der Waals surface area contributed by atoms with Crippen LogP contribution in [0.15, 0.2) is 71.1 Å². The summed E-state index contributed by atoms with van der Waals surface area (Å²) in [5.74, 6) is 0. The normalized spacial score (nSPS) is 12.6. The van der Waals surface area contributed by atoms with E-state index in [1.165, 1.54) is 0 Å². The third-order valence-corrected chi connectivity index (χ3v) is 5.76. The number of hydrogen-bond acceptors (Lipinski definition) is 3. The van der Waals surface area contributed by atoms with Crippen molar-refractivity contribution in [3.05, 3.63) is 66.7 Å². The van der Waals surface area contributed by atoms with Crippen LogP contribution < -0.4 is 5.46 Å². The molecule has 0 amide bonds. The largest absolute Gasteiger partial charge is 0.456 e. The Morgan fingerprint density at radius 1 is 0.786 bits per heavy atom. The lowest BCUT2D eigenvalue weighted by Gasteiger charge is -2.37. The molecule has 0 fully saturated rings. The van der Waals surface area contributed by atoms with Gasteiger partial charge in [0.05, 0.1) is 11.2 Å². The molecule has 1 N–H and O–H groups in total. The topological polar surface area (TPSA) is 42.6 Å². The Bertz CT molecular complexity index is 1120. The summed E-state index contributed by atoms with van der Waals surface area (Å²) in [6.45, 7) is 7.37. The maximum atomic E-state index is 10.4. The van der Waals surface area contributed by atoms with Crippen molar-refractivity contribution < 1.29 is 14.2 Å². The molecule has 0 unspecified atom stereocenters. The van der Waals surface area contributed by atoms with E-state index in [2.05, 4.69) is 24.3 Å². The highest BCUT2D eigenvalue weighted by Gasteiger charge is 2.35. The molecule has 28 heavy (non-hydrogen) atoms. The van der Waals surface area contributed by atoms with E-state index >= 15 is 0 Å². The fraction of sp³-hybridized carbons (Fsp3) is 0.250. The Hall–Kier alpha value is -2.56. The SMILES string of the molecule is CC(C)(O)C(C)(C)OBc1cccc2oc3cccc(-c4ccccc4)c3c12. The number of aliphatic hydroxyl groups is 1. The highest BCUT2D eigenvalue weighted by atomic mass is 16.5. The van der Waals surface area contributed by atoms with Crippen molar-refractivity contribution >= 4 is 34.9 Å². The van der Waals surface area contributed by atoms with Gasteiger partial charge in [0, 0.05) is 10.8 Å². The van der Waals surface area contributed by atoms with Crippen molar-refractivity contribution in [3.8, 4) is 11.1 Å². The Morgan fingerprint density at radius 3 is 2.11 bits per heavy atom. The van der Waals surface area contributed by atoms with Crippen LogP contribution in [0.5, 0.6) is 0 Å². The number of hydrogen-bond donors (Lipinski definition) is 1. The number of furan rings is 1. The molecule has 4 heteroatoms. The average Bonchev–Trinajstić information content (AvgIpc) is 3.05. The van der Waals surface area contributed by atoms with Gasteiger partial charge in [-0.3, -0.25) is 0 Å². The van der Waals surface area contributed by atoms with E-state index in [-0.39, 0.29) is 0 Å². The zero-order chi connectivity index (χ0) is 19.9. The maximum Gasteiger partial charge on any atom is 0.310 e. The van der Waals surface area contributed by atoms with E-state index in [1.54, 1.807) is 13.8 Å². The van der Waals surface area contributed by atoms with Crippen molar-refractivity contribution in [3.63, 3.8) is 0 Å². The molecule has 0 atom stereocenters. The van der Waals surface area contributed by atoms with Gasteiger partial charge in [0.1, 0.15) is 11.2 Å². The molecule has 0 saturated heterocycles. The average molecular weight is 372 g/mol. The summed E-state index contributed by atoms with van der Waals surface area (Å²) in [7, 11) is 0.395. The predicted octanol–water partition coefficient (Wildman–Crippen LogP) is 4.80. The van der Waals surface area contributed by atoms with Gasteiger partial charge in [-0.15, -0.1) is 0 Å². The van der Waals surface area contributed by atoms with Gasteiger partial charge in [0.2, 0.25) is 0 Å². The van der Waals surface area contributed by atoms with E-state index in [4.69, 9.17) is 9.07 Å². The fourth-order valence-electron chi connectivity index (χ4n) is 3.35. The van der Waals surface area contributed by atoms with Gasteiger partial charge in [-0.05, 0) is 56.4 Å². The van der Waals surface area contributed by atoms with Gasteiger partial charge in [-0.25, -0.2) is 0 Å². The molecule has 1 heterocycles. The molecule has 0 aliphatic heterocycles. The third-order valence-electron chi connectivity index (χ3n) is 5.76. The van der Waals surface area contributed by atoms with Crippen molar-refractivity contribution in [2.45, 2.75) is 38.9 Å². The summed E-state index contributed by atoms with van der Waals surface area (Å²) in [6, 6.07) is 22.6. The van der Waals surface area contributed by atoms with E-state index < -0.39 is 11.2 Å². The summed E-state index contributed by atoms with van der Waals surface area (Å²) < 4.78 is 12.3. The van der Waals surface area contributed by atoms with Crippen LogP contribution in [0.25, 0.3) is 33.1 Å². The molecule has 4 rings (SSSR count). The van der Waals surface area contributed by atoms with Crippen LogP contribution in [0, 0.1) is 0 Å². The van der Waals surface area contributed by atoms with Gasteiger partial charge in [-0.2, -0.15) is 0 Å². The van der Waals surface area contributed by atoms with Crippen LogP contribution in [0.3, 0.4) is 0 Å². The van der Waals surface area contributed by atoms with Gasteiger partial charge < -0.3 is 14.2 Å². The number of rotatable bonds is 5. The first-order valence-corrected chi connectivity index (χ1v) is 9.63. The molecule has 0 aliphatic rings. The molecule has 0 spiro atoms. The fourth-order valence-corrected chi connectivity index (χ4v) is 3.35. The highest BCUT2D eigenvalue weighted by molar-refractivity contribution is 6.53. The quantitative estimate of drug-likeness (QED) is 0.512. The van der Waals surface area contributed by atoms with Crippen LogP contribution in [0.1, 0.15) is 27.7 Å². The van der Waals surface area contributed by atoms with Gasteiger partial charge >= 0.3 is 7.48 Å². The standard InChI is InChI=1S/C24H25BO3/c1-23(2,26)24(3,4)28-25-18-13-9-15-20-22(18)21-17(12-8-14-19(21)27-20)16-10-6-5-7-11-16/h5-15,25-26H,1-4H3. The van der Waals surface area contributed by atoms with Crippen LogP contribution in [-0.2, 0) is 4.65 Å². The summed E-state index contributed by atoms with van der Waals surface area (Å²) in [6.07, 6.45) is 0. The second-order valence-corrected chi connectivity index (χ2v) is 8.30. The van der Waals surface area contributed by atoms with Crippen LogP contribution in [0.4, 0.5) is 0 Å². The second kappa shape index (κ2) is 6.80. The summed E-state index contributed by atoms with van der Waals surface area (Å²) >= 11 is 0. The highest BCUT2D eigenvalue weighted by Crippen LogP contribution is 2.35. The molecule has 0 saturated carbocycles. The number of fused-ring (bicyclic) bond motifs is 3. The van der Waals surface area contributed by atoms with Crippen molar-refractivity contribution in [1.82, 2.24) is 0 Å². The molecule has 3 aromatic carbocycles. The van der Waals surface area contributed by atoms with Gasteiger partial charge in [0.15, 0.2) is 0 Å². The van der Waals surface area contributed by atoms with Crippen molar-refractivity contribution in [2.75, 3.05) is 0 Å². The van der Waals surface area contributed by atoms with E-state index in [9.17, 15) is 5.11 Å². The molecule has 0 radical (unpaired) electrons. The zero-order valence-corrected chi connectivity index (χ0v) is 16.8. The third kappa shape index (κ3) is 3.23. The van der Waals surface area contributed by atoms with E-state index in [0.717, 1.165) is 38.5 Å². The summed E-state index contributed by atoms with van der Waals surface area (Å²) in [5, 5.41) is 12.6. The zero-order valence-electron chi connectivity index (χ0n) is 16.8. The van der Waals surface area contributed by atoms with Crippen LogP contribution in [-0.4, -0.2) is 23.8 Å². The maximum absolute atomic E-state index is 10.4. The molecule has 0 bridgehead atoms. The summed E-state index contributed by atoms with van der Waals surface area (Å²) in [4.78, 5) is 0. The molecule has 1 aromatic heterocycles. The first-order chi connectivity index (χ1) is 13.3. The Labute approximate surface area is 166 Å². The number of benzene rings is 3. The lowest BCUT2D eigenvalue weighted by Crippen LogP contribution is -2.49. The smallest absolute Gasteiger partial charge is 0.310 e. The minimum atomic E-state index is -0.950. The minimum Gasteiger partial charge on any atom is -0.456 e. The molecule has 4 aromatic rings. The van der Waals surface area contributed by atoms with Gasteiger partial charge in [-0.1, -0.05) is 54.6 Å². The summed E-state index contributed by atoms with van der Waals surface area (Å²) in [5.41, 5.74) is 3.43. The first kappa shape index (κ1) is 18.8. The molecular weight excluding hydrogens is 347 g/mol. The Morgan fingerprint density at radius 2 is 1.43 bits per heavy atom. The van der Waals surface area contributed by atoms with E-state index in [0.29, 0.717) is 7.48 Å².